The highest BCUT2D eigenvalue weighted by Gasteiger charge is 2.53. The predicted molar refractivity (Wildman–Crippen MR) is 89.5 cm³/mol. The van der Waals surface area contributed by atoms with E-state index in [1.807, 2.05) is 0 Å². The molecule has 0 aromatic heterocycles. The van der Waals surface area contributed by atoms with Gasteiger partial charge in [0.2, 0.25) is 0 Å². The van der Waals surface area contributed by atoms with Crippen molar-refractivity contribution in [2.75, 3.05) is 13.1 Å². The van der Waals surface area contributed by atoms with E-state index in [0.717, 1.165) is 19.7 Å². The molecule has 2 aliphatic carbocycles. The summed E-state index contributed by atoms with van der Waals surface area (Å²) in [5, 5.41) is 3.63. The van der Waals surface area contributed by atoms with Crippen molar-refractivity contribution in [3.63, 3.8) is 0 Å². The number of ether oxygens (including phenoxy) is 1. The number of benzene rings is 1. The molecule has 1 unspecified atom stereocenters. The molecule has 0 radical (unpaired) electrons. The summed E-state index contributed by atoms with van der Waals surface area (Å²) >= 11 is 0. The zero-order valence-corrected chi connectivity index (χ0v) is 13.1. The summed E-state index contributed by atoms with van der Waals surface area (Å²) in [5.41, 5.74) is 3.30. The first kappa shape index (κ1) is 14.2. The van der Waals surface area contributed by atoms with Gasteiger partial charge in [-0.3, -0.25) is 0 Å². The Kier molecular flexibility index (Phi) is 3.89. The van der Waals surface area contributed by atoms with E-state index in [9.17, 15) is 0 Å². The van der Waals surface area contributed by atoms with E-state index in [2.05, 4.69) is 53.9 Å². The number of hydrogen-bond donors (Lipinski definition) is 1. The van der Waals surface area contributed by atoms with Gasteiger partial charge in [0.1, 0.15) is 0 Å². The van der Waals surface area contributed by atoms with E-state index in [1.165, 1.54) is 31.2 Å². The Hall–Kier alpha value is -1.38. The third kappa shape index (κ3) is 2.66. The molecule has 2 fully saturated rings. The molecule has 1 atom stereocenters. The fraction of sp³-hybridized carbons (Fsp3) is 0.500. The first-order chi connectivity index (χ1) is 10.9. The smallest absolute Gasteiger partial charge is 0.0720 e. The topological polar surface area (TPSA) is 21.3 Å². The summed E-state index contributed by atoms with van der Waals surface area (Å²) < 4.78 is 6.12. The molecule has 4 rings (SSSR count). The summed E-state index contributed by atoms with van der Waals surface area (Å²) in [4.78, 5) is 0. The average molecular weight is 295 g/mol. The summed E-state index contributed by atoms with van der Waals surface area (Å²) in [5.74, 6) is 0.695. The van der Waals surface area contributed by atoms with Gasteiger partial charge in [-0.1, -0.05) is 48.6 Å². The van der Waals surface area contributed by atoms with Crippen LogP contribution in [0.5, 0.6) is 0 Å². The van der Waals surface area contributed by atoms with Gasteiger partial charge in [-0.15, -0.1) is 0 Å². The second-order valence-corrected chi connectivity index (χ2v) is 7.06. The maximum atomic E-state index is 6.12. The van der Waals surface area contributed by atoms with Crippen molar-refractivity contribution < 1.29 is 4.74 Å². The fourth-order valence-corrected chi connectivity index (χ4v) is 4.35. The third-order valence-corrected chi connectivity index (χ3v) is 5.59. The Morgan fingerprint density at radius 3 is 2.77 bits per heavy atom. The zero-order chi connectivity index (χ0) is 14.8. The van der Waals surface area contributed by atoms with Crippen molar-refractivity contribution in [3.8, 4) is 0 Å². The normalized spacial score (nSPS) is 33.7. The van der Waals surface area contributed by atoms with Gasteiger partial charge in [0.05, 0.1) is 12.7 Å². The van der Waals surface area contributed by atoms with Gasteiger partial charge in [-0.25, -0.2) is 0 Å². The SMILES string of the molecule is C1=CC(C2CNCC23CC(OCc2ccccc2)C3)=CCC1. The lowest BCUT2D eigenvalue weighted by Crippen LogP contribution is -2.48. The molecule has 1 N–H and O–H groups in total. The molecule has 0 amide bonds. The first-order valence-corrected chi connectivity index (χ1v) is 8.59. The zero-order valence-electron chi connectivity index (χ0n) is 13.1. The molecule has 1 aromatic rings. The number of hydrogen-bond acceptors (Lipinski definition) is 2. The van der Waals surface area contributed by atoms with Crippen LogP contribution in [0.25, 0.3) is 0 Å². The van der Waals surface area contributed by atoms with E-state index >= 15 is 0 Å². The predicted octanol–water partition coefficient (Wildman–Crippen LogP) is 3.85. The first-order valence-electron chi connectivity index (χ1n) is 8.59. The summed E-state index contributed by atoms with van der Waals surface area (Å²) in [7, 11) is 0. The van der Waals surface area contributed by atoms with Gasteiger partial charge in [-0.2, -0.15) is 0 Å². The van der Waals surface area contributed by atoms with Gasteiger partial charge >= 0.3 is 0 Å². The van der Waals surface area contributed by atoms with E-state index in [-0.39, 0.29) is 0 Å². The second-order valence-electron chi connectivity index (χ2n) is 7.06. The highest BCUT2D eigenvalue weighted by Crippen LogP contribution is 2.53. The van der Waals surface area contributed by atoms with Crippen LogP contribution in [0.1, 0.15) is 31.2 Å². The van der Waals surface area contributed by atoms with E-state index < -0.39 is 0 Å². The van der Waals surface area contributed by atoms with Crippen molar-refractivity contribution in [1.82, 2.24) is 5.32 Å². The number of allylic oxidation sites excluding steroid dienone is 3. The van der Waals surface area contributed by atoms with Crippen LogP contribution in [0.2, 0.25) is 0 Å². The van der Waals surface area contributed by atoms with Crippen LogP contribution in [0, 0.1) is 11.3 Å². The molecule has 1 spiro atoms. The molecule has 0 bridgehead atoms. The van der Waals surface area contributed by atoms with Gasteiger partial charge in [0.15, 0.2) is 0 Å². The van der Waals surface area contributed by atoms with Crippen molar-refractivity contribution in [2.45, 2.75) is 38.4 Å². The fourth-order valence-electron chi connectivity index (χ4n) is 4.35. The highest BCUT2D eigenvalue weighted by molar-refractivity contribution is 5.30. The Morgan fingerprint density at radius 1 is 1.14 bits per heavy atom. The molecule has 1 aliphatic heterocycles. The lowest BCUT2D eigenvalue weighted by molar-refractivity contribution is -0.0922. The maximum Gasteiger partial charge on any atom is 0.0720 e. The Morgan fingerprint density at radius 2 is 2.00 bits per heavy atom. The molecule has 2 nitrogen and oxygen atoms in total. The molecule has 2 heteroatoms. The monoisotopic (exact) mass is 295 g/mol. The molecule has 1 aromatic carbocycles. The van der Waals surface area contributed by atoms with Gasteiger partial charge < -0.3 is 10.1 Å². The van der Waals surface area contributed by atoms with E-state index in [4.69, 9.17) is 4.74 Å². The Labute approximate surface area is 133 Å². The van der Waals surface area contributed by atoms with Gasteiger partial charge in [0, 0.05) is 19.0 Å². The Bertz CT molecular complexity index is 569. The quantitative estimate of drug-likeness (QED) is 0.911. The molecule has 1 saturated carbocycles. The molecular weight excluding hydrogens is 270 g/mol. The van der Waals surface area contributed by atoms with Crippen molar-refractivity contribution >= 4 is 0 Å². The van der Waals surface area contributed by atoms with Crippen LogP contribution in [0.3, 0.4) is 0 Å². The molecule has 1 saturated heterocycles. The van der Waals surface area contributed by atoms with Crippen molar-refractivity contribution in [2.24, 2.45) is 11.3 Å². The third-order valence-electron chi connectivity index (χ3n) is 5.59. The van der Waals surface area contributed by atoms with Crippen LogP contribution >= 0.6 is 0 Å². The largest absolute Gasteiger partial charge is 0.373 e. The minimum atomic E-state index is 0.441. The number of rotatable bonds is 4. The van der Waals surface area contributed by atoms with Crippen LogP contribution in [-0.4, -0.2) is 19.2 Å². The van der Waals surface area contributed by atoms with E-state index in [1.54, 1.807) is 5.57 Å². The van der Waals surface area contributed by atoms with Crippen LogP contribution in [0.15, 0.2) is 54.1 Å². The minimum absolute atomic E-state index is 0.441. The van der Waals surface area contributed by atoms with Crippen molar-refractivity contribution in [1.29, 1.82) is 0 Å². The van der Waals surface area contributed by atoms with E-state index in [0.29, 0.717) is 17.4 Å². The van der Waals surface area contributed by atoms with Crippen molar-refractivity contribution in [3.05, 3.63) is 59.7 Å². The van der Waals surface area contributed by atoms with Gasteiger partial charge in [0.25, 0.3) is 0 Å². The van der Waals surface area contributed by atoms with Crippen LogP contribution in [-0.2, 0) is 11.3 Å². The highest BCUT2D eigenvalue weighted by atomic mass is 16.5. The molecular formula is C20H25NO. The summed E-state index contributed by atoms with van der Waals surface area (Å²) in [6, 6.07) is 10.5. The second kappa shape index (κ2) is 6.02. The summed E-state index contributed by atoms with van der Waals surface area (Å²) in [6.07, 6.45) is 12.4. The minimum Gasteiger partial charge on any atom is -0.373 e. The molecule has 3 aliphatic rings. The Balaban J connectivity index is 1.35. The molecule has 22 heavy (non-hydrogen) atoms. The molecule has 116 valence electrons. The lowest BCUT2D eigenvalue weighted by Gasteiger charge is -2.49. The van der Waals surface area contributed by atoms with Gasteiger partial charge in [-0.05, 0) is 42.2 Å². The standard InChI is InChI=1S/C20H25NO/c1-3-7-16(8-4-1)14-22-18-11-20(12-18)15-21-13-19(20)17-9-5-2-6-10-17/h1,3-5,7-10,18-19,21H,2,6,11-15H2. The number of nitrogens with one attached hydrogen (secondary N) is 1. The van der Waals surface area contributed by atoms with Crippen LogP contribution in [0.4, 0.5) is 0 Å². The maximum absolute atomic E-state index is 6.12. The van der Waals surface area contributed by atoms with Crippen LogP contribution < -0.4 is 5.32 Å². The molecule has 1 heterocycles. The average Bonchev–Trinajstić information content (AvgIpc) is 2.98. The lowest BCUT2D eigenvalue weighted by atomic mass is 9.59. The summed E-state index contributed by atoms with van der Waals surface area (Å²) in [6.45, 7) is 3.05.